The van der Waals surface area contributed by atoms with Gasteiger partial charge in [-0.15, -0.1) is 0 Å². The van der Waals surface area contributed by atoms with Crippen LogP contribution >= 0.6 is 0 Å². The maximum atomic E-state index is 13.1. The lowest BCUT2D eigenvalue weighted by molar-refractivity contribution is -0.113. The van der Waals surface area contributed by atoms with Gasteiger partial charge in [0.05, 0.1) is 11.5 Å². The summed E-state index contributed by atoms with van der Waals surface area (Å²) in [4.78, 5) is 30.2. The van der Waals surface area contributed by atoms with Gasteiger partial charge in [0.2, 0.25) is 11.4 Å². The van der Waals surface area contributed by atoms with Crippen LogP contribution in [0.1, 0.15) is 73.4 Å². The smallest absolute Gasteiger partial charge is 0.362 e. The van der Waals surface area contributed by atoms with Crippen LogP contribution in [-0.2, 0) is 4.79 Å². The van der Waals surface area contributed by atoms with Crippen LogP contribution in [0.3, 0.4) is 0 Å². The molecule has 1 aliphatic heterocycles. The van der Waals surface area contributed by atoms with Crippen LogP contribution in [0.4, 0.5) is 6.01 Å². The van der Waals surface area contributed by atoms with Crippen LogP contribution in [0.15, 0.2) is 62.2 Å². The number of anilines is 1. The lowest BCUT2D eigenvalue weighted by atomic mass is 9.85. The van der Waals surface area contributed by atoms with Crippen LogP contribution in [0.5, 0.6) is 0 Å². The summed E-state index contributed by atoms with van der Waals surface area (Å²) >= 11 is 0. The number of fused-ring (bicyclic) bond motifs is 3. The molecule has 0 radical (unpaired) electrons. The Labute approximate surface area is 207 Å². The normalized spacial score (nSPS) is 15.4. The molecule has 1 atom stereocenters. The van der Waals surface area contributed by atoms with Crippen LogP contribution in [-0.4, -0.2) is 15.5 Å². The zero-order valence-corrected chi connectivity index (χ0v) is 20.6. The molecule has 0 fully saturated rings. The summed E-state index contributed by atoms with van der Waals surface area (Å²) in [5.74, 6) is -0.490. The number of primary amides is 1. The molecule has 5 rings (SSSR count). The van der Waals surface area contributed by atoms with Crippen LogP contribution in [0.25, 0.3) is 17.5 Å². The molecule has 3 heterocycles. The number of aromatic nitrogens is 2. The van der Waals surface area contributed by atoms with E-state index < -0.39 is 17.5 Å². The van der Waals surface area contributed by atoms with Gasteiger partial charge in [-0.2, -0.15) is 4.98 Å². The minimum atomic E-state index is -0.726. The molecular weight excluding hydrogens is 456 g/mol. The highest BCUT2D eigenvalue weighted by molar-refractivity contribution is 6.15. The van der Waals surface area contributed by atoms with Crippen molar-refractivity contribution in [1.82, 2.24) is 9.55 Å². The Bertz CT molecular complexity index is 1640. The third kappa shape index (κ3) is 3.84. The molecular formula is C28H28N4O4. The number of carbonyl (C=O) groups excluding carboxylic acids is 1. The Kier molecular flexibility index (Phi) is 5.67. The number of amides is 1. The van der Waals surface area contributed by atoms with E-state index in [9.17, 15) is 9.59 Å². The zero-order chi connectivity index (χ0) is 25.7. The standard InChI is InChI=1S/C28H28N4O4/c1-14(2)17-7-5-16(6-8-17)13-20-27(34)35-25-22(24(29)33)21(19-11-9-18(10-12-19)15(3)4)23-26(32(20)25)36-28(30)31-23/h5-15,21H,1-4H3,(H2,29,33)(H2,30,31)/b20-13+. The second kappa shape index (κ2) is 8.71. The molecule has 2 aromatic carbocycles. The molecule has 0 saturated carbocycles. The SMILES string of the molecule is CC(C)c1ccc(/C=c2\c(=O)oc3n2-c2oc(N)nc2C(c2ccc(C(C)C)cc2)C=3C(N)=O)cc1. The second-order valence-electron chi connectivity index (χ2n) is 9.66. The van der Waals surface area contributed by atoms with E-state index >= 15 is 0 Å². The van der Waals surface area contributed by atoms with Gasteiger partial charge < -0.3 is 20.3 Å². The predicted molar refractivity (Wildman–Crippen MR) is 137 cm³/mol. The fourth-order valence-corrected chi connectivity index (χ4v) is 4.62. The molecule has 1 amide bonds. The first-order chi connectivity index (χ1) is 17.2. The van der Waals surface area contributed by atoms with E-state index in [0.29, 0.717) is 17.5 Å². The Morgan fingerprint density at radius 3 is 2.11 bits per heavy atom. The Morgan fingerprint density at radius 1 is 0.972 bits per heavy atom. The molecule has 36 heavy (non-hydrogen) atoms. The first-order valence-corrected chi connectivity index (χ1v) is 11.9. The van der Waals surface area contributed by atoms with Gasteiger partial charge in [-0.25, -0.2) is 9.36 Å². The van der Waals surface area contributed by atoms with Gasteiger partial charge in [-0.05, 0) is 40.2 Å². The molecule has 0 saturated heterocycles. The maximum Gasteiger partial charge on any atom is 0.362 e. The topological polar surface area (TPSA) is 130 Å². The van der Waals surface area contributed by atoms with Crippen molar-refractivity contribution in [2.24, 2.45) is 5.73 Å². The number of carbonyl (C=O) groups is 1. The summed E-state index contributed by atoms with van der Waals surface area (Å²) in [5.41, 5.74) is 15.6. The van der Waals surface area contributed by atoms with Crippen LogP contribution < -0.4 is 28.0 Å². The number of hydrogen-bond donors (Lipinski definition) is 2. The van der Waals surface area contributed by atoms with E-state index in [1.807, 2.05) is 48.5 Å². The van der Waals surface area contributed by atoms with Gasteiger partial charge in [0.1, 0.15) is 11.0 Å². The minimum Gasteiger partial charge on any atom is -0.406 e. The highest BCUT2D eigenvalue weighted by atomic mass is 16.4. The third-order valence-electron chi connectivity index (χ3n) is 6.60. The van der Waals surface area contributed by atoms with E-state index in [1.54, 1.807) is 6.08 Å². The van der Waals surface area contributed by atoms with Gasteiger partial charge >= 0.3 is 5.63 Å². The highest BCUT2D eigenvalue weighted by Gasteiger charge is 2.38. The van der Waals surface area contributed by atoms with Crippen LogP contribution in [0.2, 0.25) is 0 Å². The number of oxazole rings is 2. The second-order valence-corrected chi connectivity index (χ2v) is 9.66. The summed E-state index contributed by atoms with van der Waals surface area (Å²) in [6, 6.07) is 15.6. The zero-order valence-electron chi connectivity index (χ0n) is 20.6. The number of rotatable bonds is 5. The van der Waals surface area contributed by atoms with Crippen molar-refractivity contribution in [2.45, 2.75) is 45.4 Å². The fourth-order valence-electron chi connectivity index (χ4n) is 4.62. The van der Waals surface area contributed by atoms with Crippen molar-refractivity contribution in [2.75, 3.05) is 5.73 Å². The van der Waals surface area contributed by atoms with E-state index in [1.165, 1.54) is 10.1 Å². The fraction of sp³-hybridized carbons (Fsp3) is 0.250. The van der Waals surface area contributed by atoms with Gasteiger partial charge in [0, 0.05) is 0 Å². The number of benzene rings is 2. The van der Waals surface area contributed by atoms with E-state index in [4.69, 9.17) is 20.3 Å². The van der Waals surface area contributed by atoms with Gasteiger partial charge in [0.25, 0.3) is 11.9 Å². The average Bonchev–Trinajstić information content (AvgIpc) is 3.37. The minimum absolute atomic E-state index is 0.0131. The van der Waals surface area contributed by atoms with E-state index in [-0.39, 0.29) is 28.4 Å². The summed E-state index contributed by atoms with van der Waals surface area (Å²) in [5, 5.41) is 0.173. The maximum absolute atomic E-state index is 13.1. The first-order valence-electron chi connectivity index (χ1n) is 11.9. The Hall–Kier alpha value is -4.33. The van der Waals surface area contributed by atoms with E-state index in [2.05, 4.69) is 32.7 Å². The molecule has 0 spiro atoms. The quantitative estimate of drug-likeness (QED) is 0.448. The number of hydrogen-bond acceptors (Lipinski definition) is 6. The van der Waals surface area contributed by atoms with Gasteiger partial charge in [-0.3, -0.25) is 4.79 Å². The molecule has 1 unspecified atom stereocenters. The molecule has 4 aromatic rings. The van der Waals surface area contributed by atoms with Crippen molar-refractivity contribution in [3.63, 3.8) is 0 Å². The molecule has 1 aliphatic rings. The molecule has 184 valence electrons. The summed E-state index contributed by atoms with van der Waals surface area (Å²) in [6.45, 7) is 8.42. The van der Waals surface area contributed by atoms with E-state index in [0.717, 1.165) is 16.7 Å². The predicted octanol–water partition coefficient (Wildman–Crippen LogP) is 2.86. The molecule has 4 N–H and O–H groups in total. The number of nitrogens with two attached hydrogens (primary N) is 2. The number of nitrogens with zero attached hydrogens (tertiary/aromatic N) is 2. The molecule has 0 bridgehead atoms. The van der Waals surface area contributed by atoms with Crippen LogP contribution in [0, 0.1) is 0 Å². The van der Waals surface area contributed by atoms with Gasteiger partial charge in [0.15, 0.2) is 0 Å². The summed E-state index contributed by atoms with van der Waals surface area (Å²) in [6.07, 6.45) is 1.68. The van der Waals surface area contributed by atoms with Crippen molar-refractivity contribution < 1.29 is 13.6 Å². The molecule has 0 aliphatic carbocycles. The van der Waals surface area contributed by atoms with Crippen molar-refractivity contribution in [1.29, 1.82) is 0 Å². The number of nitrogen functional groups attached to an aromatic ring is 1. The third-order valence-corrected chi connectivity index (χ3v) is 6.60. The van der Waals surface area contributed by atoms with Crippen molar-refractivity contribution >= 4 is 23.6 Å². The highest BCUT2D eigenvalue weighted by Crippen LogP contribution is 2.38. The molecule has 2 aromatic heterocycles. The van der Waals surface area contributed by atoms with Crippen molar-refractivity contribution in [3.05, 3.63) is 97.8 Å². The monoisotopic (exact) mass is 484 g/mol. The van der Waals surface area contributed by atoms with Crippen molar-refractivity contribution in [3.8, 4) is 5.88 Å². The summed E-state index contributed by atoms with van der Waals surface area (Å²) in [7, 11) is 0. The van der Waals surface area contributed by atoms with Gasteiger partial charge in [-0.1, -0.05) is 76.2 Å². The Morgan fingerprint density at radius 2 is 1.56 bits per heavy atom. The lowest BCUT2D eigenvalue weighted by Gasteiger charge is -2.21. The Balaban J connectivity index is 1.79. The lowest BCUT2D eigenvalue weighted by Crippen LogP contribution is -2.38. The largest absolute Gasteiger partial charge is 0.406 e. The average molecular weight is 485 g/mol. The molecule has 8 nitrogen and oxygen atoms in total. The molecule has 8 heteroatoms. The summed E-state index contributed by atoms with van der Waals surface area (Å²) < 4.78 is 12.8. The first kappa shape index (κ1) is 23.4.